The number of carboxylic acid groups (broad SMARTS) is 1. The average Bonchev–Trinajstić information content (AvgIpc) is 2.10. The van der Waals surface area contributed by atoms with Gasteiger partial charge in [-0.1, -0.05) is 6.07 Å². The molecule has 4 nitrogen and oxygen atoms in total. The van der Waals surface area contributed by atoms with Gasteiger partial charge in [-0.3, -0.25) is 0 Å². The highest BCUT2D eigenvalue weighted by Crippen LogP contribution is 2.28. The number of benzene rings is 1. The first kappa shape index (κ1) is 10.5. The summed E-state index contributed by atoms with van der Waals surface area (Å²) in [4.78, 5) is 10.6. The molecule has 1 aromatic carbocycles. The molecule has 14 heavy (non-hydrogen) atoms. The molecule has 0 aliphatic heterocycles. The monoisotopic (exact) mass is 200 g/mol. The van der Waals surface area contributed by atoms with Crippen LogP contribution >= 0.6 is 0 Å². The Balaban J connectivity index is 3.22. The Hall–Kier alpha value is -1.62. The van der Waals surface area contributed by atoms with Gasteiger partial charge in [-0.05, 0) is 12.1 Å². The van der Waals surface area contributed by atoms with Crippen LogP contribution < -0.4 is 0 Å². The molecule has 0 aliphatic carbocycles. The van der Waals surface area contributed by atoms with Crippen molar-refractivity contribution in [3.8, 4) is 5.75 Å². The molecule has 0 radical (unpaired) electrons. The minimum Gasteiger partial charge on any atom is -0.507 e. The molecule has 0 aromatic heterocycles. The van der Waals surface area contributed by atoms with Gasteiger partial charge in [-0.2, -0.15) is 0 Å². The van der Waals surface area contributed by atoms with E-state index in [0.717, 1.165) is 13.2 Å². The molecule has 1 aromatic rings. The number of phenols is 1. The fourth-order valence-corrected chi connectivity index (χ4v) is 1.13. The van der Waals surface area contributed by atoms with Crippen LogP contribution in [0, 0.1) is 5.82 Å². The lowest BCUT2D eigenvalue weighted by Gasteiger charge is -2.12. The highest BCUT2D eigenvalue weighted by atomic mass is 19.1. The molecule has 76 valence electrons. The zero-order valence-corrected chi connectivity index (χ0v) is 7.40. The van der Waals surface area contributed by atoms with Crippen molar-refractivity contribution >= 4 is 5.97 Å². The summed E-state index contributed by atoms with van der Waals surface area (Å²) in [5.41, 5.74) is -0.359. The minimum atomic E-state index is -1.49. The molecular formula is C9H9FO4. The Morgan fingerprint density at radius 1 is 1.57 bits per heavy atom. The SMILES string of the molecule is CO[C@H](C(=O)O)c1c(O)cccc1F. The molecule has 0 amide bonds. The second-order valence-corrected chi connectivity index (χ2v) is 2.63. The third-order valence-corrected chi connectivity index (χ3v) is 1.75. The van der Waals surface area contributed by atoms with Crippen molar-refractivity contribution in [1.29, 1.82) is 0 Å². The van der Waals surface area contributed by atoms with E-state index in [1.54, 1.807) is 0 Å². The van der Waals surface area contributed by atoms with Crippen molar-refractivity contribution in [2.45, 2.75) is 6.10 Å². The van der Waals surface area contributed by atoms with Gasteiger partial charge in [0.25, 0.3) is 0 Å². The third-order valence-electron chi connectivity index (χ3n) is 1.75. The number of halogens is 1. The van der Waals surface area contributed by atoms with Crippen LogP contribution in [0.5, 0.6) is 5.75 Å². The number of ether oxygens (including phenoxy) is 1. The number of hydrogen-bond acceptors (Lipinski definition) is 3. The van der Waals surface area contributed by atoms with E-state index in [-0.39, 0.29) is 5.56 Å². The number of rotatable bonds is 3. The van der Waals surface area contributed by atoms with Crippen molar-refractivity contribution in [2.24, 2.45) is 0 Å². The Labute approximate surface area is 79.6 Å². The second kappa shape index (κ2) is 4.06. The number of phenolic OH excluding ortho intramolecular Hbond substituents is 1. The lowest BCUT2D eigenvalue weighted by molar-refractivity contribution is -0.149. The fraction of sp³-hybridized carbons (Fsp3) is 0.222. The molecule has 0 aliphatic rings. The normalized spacial score (nSPS) is 12.4. The van der Waals surface area contributed by atoms with Gasteiger partial charge >= 0.3 is 5.97 Å². The van der Waals surface area contributed by atoms with Crippen molar-refractivity contribution in [3.63, 3.8) is 0 Å². The highest BCUT2D eigenvalue weighted by Gasteiger charge is 2.25. The molecule has 0 bridgehead atoms. The molecule has 1 atom stereocenters. The van der Waals surface area contributed by atoms with Crippen LogP contribution in [0.1, 0.15) is 11.7 Å². The predicted molar refractivity (Wildman–Crippen MR) is 45.5 cm³/mol. The van der Waals surface area contributed by atoms with Crippen LogP contribution in [0.3, 0.4) is 0 Å². The van der Waals surface area contributed by atoms with Crippen LogP contribution in [0.25, 0.3) is 0 Å². The summed E-state index contributed by atoms with van der Waals surface area (Å²) in [6.07, 6.45) is -1.49. The second-order valence-electron chi connectivity index (χ2n) is 2.63. The molecule has 0 unspecified atom stereocenters. The minimum absolute atomic E-state index is 0.359. The van der Waals surface area contributed by atoms with Crippen molar-refractivity contribution in [3.05, 3.63) is 29.6 Å². The highest BCUT2D eigenvalue weighted by molar-refractivity contribution is 5.75. The predicted octanol–water partition coefficient (Wildman–Crippen LogP) is 1.30. The summed E-state index contributed by atoms with van der Waals surface area (Å²) in [6.45, 7) is 0. The lowest BCUT2D eigenvalue weighted by Crippen LogP contribution is -2.15. The molecule has 0 heterocycles. The lowest BCUT2D eigenvalue weighted by atomic mass is 10.1. The fourth-order valence-electron chi connectivity index (χ4n) is 1.13. The number of methoxy groups -OCH3 is 1. The van der Waals surface area contributed by atoms with Crippen molar-refractivity contribution in [2.75, 3.05) is 7.11 Å². The van der Waals surface area contributed by atoms with E-state index in [0.29, 0.717) is 0 Å². The van der Waals surface area contributed by atoms with Crippen LogP contribution in [-0.2, 0) is 9.53 Å². The first-order valence-electron chi connectivity index (χ1n) is 3.81. The van der Waals surface area contributed by atoms with E-state index in [9.17, 15) is 14.3 Å². The maximum Gasteiger partial charge on any atom is 0.337 e. The van der Waals surface area contributed by atoms with Crippen LogP contribution in [0.15, 0.2) is 18.2 Å². The summed E-state index contributed by atoms with van der Waals surface area (Å²) >= 11 is 0. The van der Waals surface area contributed by atoms with Crippen molar-refractivity contribution < 1.29 is 24.1 Å². The van der Waals surface area contributed by atoms with Crippen LogP contribution in [0.4, 0.5) is 4.39 Å². The van der Waals surface area contributed by atoms with E-state index in [1.165, 1.54) is 12.1 Å². The molecule has 0 saturated heterocycles. The number of carboxylic acids is 1. The molecule has 0 spiro atoms. The van der Waals surface area contributed by atoms with Gasteiger partial charge in [0, 0.05) is 7.11 Å². The van der Waals surface area contributed by atoms with Crippen molar-refractivity contribution in [1.82, 2.24) is 0 Å². The largest absolute Gasteiger partial charge is 0.507 e. The molecule has 1 rings (SSSR count). The summed E-state index contributed by atoms with van der Waals surface area (Å²) in [7, 11) is 1.13. The standard InChI is InChI=1S/C9H9FO4/c1-14-8(9(12)13)7-5(10)3-2-4-6(7)11/h2-4,8,11H,1H3,(H,12,13)/t8-/m0/s1. The van der Waals surface area contributed by atoms with E-state index >= 15 is 0 Å². The number of hydrogen-bond donors (Lipinski definition) is 2. The Bertz CT molecular complexity index is 330. The molecule has 0 fully saturated rings. The topological polar surface area (TPSA) is 66.8 Å². The summed E-state index contributed by atoms with van der Waals surface area (Å²) in [6, 6.07) is 3.54. The van der Waals surface area contributed by atoms with Gasteiger partial charge in [0.2, 0.25) is 0 Å². The van der Waals surface area contributed by atoms with Gasteiger partial charge in [0.1, 0.15) is 11.6 Å². The Morgan fingerprint density at radius 2 is 2.21 bits per heavy atom. The van der Waals surface area contributed by atoms with Gasteiger partial charge in [0.05, 0.1) is 5.56 Å². The molecular weight excluding hydrogens is 191 g/mol. The van der Waals surface area contributed by atoms with Crippen LogP contribution in [-0.4, -0.2) is 23.3 Å². The quantitative estimate of drug-likeness (QED) is 0.771. The Morgan fingerprint density at radius 3 is 2.64 bits per heavy atom. The molecule has 0 saturated carbocycles. The average molecular weight is 200 g/mol. The molecule has 5 heteroatoms. The first-order valence-corrected chi connectivity index (χ1v) is 3.81. The van der Waals surface area contributed by atoms with E-state index in [2.05, 4.69) is 4.74 Å². The van der Waals surface area contributed by atoms with E-state index < -0.39 is 23.6 Å². The van der Waals surface area contributed by atoms with E-state index in [4.69, 9.17) is 5.11 Å². The molecule has 2 N–H and O–H groups in total. The Kier molecular flexibility index (Phi) is 3.03. The van der Waals surface area contributed by atoms with Gasteiger partial charge < -0.3 is 14.9 Å². The zero-order valence-electron chi connectivity index (χ0n) is 7.40. The summed E-state index contributed by atoms with van der Waals surface area (Å²) < 4.78 is 17.7. The van der Waals surface area contributed by atoms with Gasteiger partial charge in [-0.15, -0.1) is 0 Å². The first-order chi connectivity index (χ1) is 6.57. The number of aliphatic carboxylic acids is 1. The van der Waals surface area contributed by atoms with Gasteiger partial charge in [0.15, 0.2) is 6.10 Å². The maximum atomic E-state index is 13.1. The number of carbonyl (C=O) groups is 1. The summed E-state index contributed by atoms with van der Waals surface area (Å²) in [5.74, 6) is -2.59. The zero-order chi connectivity index (χ0) is 10.7. The number of aromatic hydroxyl groups is 1. The smallest absolute Gasteiger partial charge is 0.337 e. The summed E-state index contributed by atoms with van der Waals surface area (Å²) in [5, 5.41) is 17.9. The third kappa shape index (κ3) is 1.82. The van der Waals surface area contributed by atoms with E-state index in [1.807, 2.05) is 0 Å². The maximum absolute atomic E-state index is 13.1. The van der Waals surface area contributed by atoms with Crippen LogP contribution in [0.2, 0.25) is 0 Å². The van der Waals surface area contributed by atoms with Gasteiger partial charge in [-0.25, -0.2) is 9.18 Å².